The van der Waals surface area contributed by atoms with Gasteiger partial charge in [-0.15, -0.1) is 0 Å². The number of urea groups is 1. The van der Waals surface area contributed by atoms with Gasteiger partial charge in [0.05, 0.1) is 23.8 Å². The van der Waals surface area contributed by atoms with E-state index < -0.39 is 11.6 Å². The zero-order valence-corrected chi connectivity index (χ0v) is 13.3. The Kier molecular flexibility index (Phi) is 3.99. The van der Waals surface area contributed by atoms with Crippen molar-refractivity contribution in [3.63, 3.8) is 0 Å². The van der Waals surface area contributed by atoms with Crippen LogP contribution in [0.3, 0.4) is 0 Å². The normalized spacial score (nSPS) is 20.2. The second kappa shape index (κ2) is 5.82. The third-order valence-electron chi connectivity index (χ3n) is 4.64. The number of carbonyl (C=O) groups excluding carboxylic acids is 1. The lowest BCUT2D eigenvalue weighted by Crippen LogP contribution is -2.45. The van der Waals surface area contributed by atoms with E-state index >= 15 is 0 Å². The molecule has 3 N–H and O–H groups in total. The van der Waals surface area contributed by atoms with Crippen molar-refractivity contribution in [1.29, 1.82) is 5.53 Å². The first-order chi connectivity index (χ1) is 10.9. The van der Waals surface area contributed by atoms with Crippen LogP contribution in [0.1, 0.15) is 37.9 Å². The number of amides is 2. The Morgan fingerprint density at radius 3 is 2.87 bits per heavy atom. The molecule has 124 valence electrons. The Labute approximate surface area is 134 Å². The fourth-order valence-electron chi connectivity index (χ4n) is 3.15. The summed E-state index contributed by atoms with van der Waals surface area (Å²) in [6, 6.07) is -0.430. The fourth-order valence-corrected chi connectivity index (χ4v) is 3.15. The average Bonchev–Trinajstić information content (AvgIpc) is 2.85. The molecule has 0 saturated carbocycles. The number of aromatic nitrogens is 2. The molecule has 1 fully saturated rings. The maximum absolute atomic E-state index is 11.8. The van der Waals surface area contributed by atoms with Gasteiger partial charge < -0.3 is 9.64 Å². The summed E-state index contributed by atoms with van der Waals surface area (Å²) in [4.78, 5) is 22.3. The number of hydrogen-bond acceptors (Lipinski definition) is 7. The second-order valence-electron chi connectivity index (χ2n) is 6.32. The first-order valence-electron chi connectivity index (χ1n) is 7.62. The van der Waals surface area contributed by atoms with E-state index in [0.29, 0.717) is 25.7 Å². The van der Waals surface area contributed by atoms with Crippen molar-refractivity contribution in [3.8, 4) is 0 Å². The maximum atomic E-state index is 11.8. The molecule has 1 saturated heterocycles. The van der Waals surface area contributed by atoms with Gasteiger partial charge in [-0.25, -0.2) is 20.6 Å². The van der Waals surface area contributed by atoms with Crippen LogP contribution in [0.2, 0.25) is 0 Å². The van der Waals surface area contributed by atoms with Gasteiger partial charge in [-0.3, -0.25) is 5.01 Å². The van der Waals surface area contributed by atoms with E-state index in [2.05, 4.69) is 15.1 Å². The first kappa shape index (κ1) is 15.8. The number of carbonyl (C=O) groups is 1. The number of nitrogens with one attached hydrogen (secondary N) is 1. The van der Waals surface area contributed by atoms with Crippen molar-refractivity contribution in [3.05, 3.63) is 17.5 Å². The van der Waals surface area contributed by atoms with Crippen molar-refractivity contribution in [2.24, 2.45) is 11.0 Å². The largest absolute Gasteiger partial charge is 0.381 e. The van der Waals surface area contributed by atoms with E-state index in [0.717, 1.165) is 24.1 Å². The van der Waals surface area contributed by atoms with Crippen LogP contribution in [-0.4, -0.2) is 40.2 Å². The molecule has 0 radical (unpaired) electrons. The highest BCUT2D eigenvalue weighted by atomic mass is 16.5. The monoisotopic (exact) mass is 319 g/mol. The molecule has 1 aromatic heterocycles. The van der Waals surface area contributed by atoms with Gasteiger partial charge in [0.25, 0.3) is 0 Å². The molecule has 2 aliphatic heterocycles. The molecular formula is C14H21N7O2. The van der Waals surface area contributed by atoms with E-state index in [1.54, 1.807) is 11.2 Å². The molecule has 0 spiro atoms. The molecule has 2 aliphatic rings. The zero-order valence-electron chi connectivity index (χ0n) is 13.3. The molecule has 0 aromatic carbocycles. The molecule has 2 amide bonds. The van der Waals surface area contributed by atoms with Crippen LogP contribution in [0.25, 0.3) is 0 Å². The molecule has 23 heavy (non-hydrogen) atoms. The molecule has 0 aliphatic carbocycles. The Morgan fingerprint density at radius 2 is 2.22 bits per heavy atom. The highest BCUT2D eigenvalue weighted by Crippen LogP contribution is 2.38. The number of ether oxygens (including phenoxy) is 1. The third kappa shape index (κ3) is 2.66. The summed E-state index contributed by atoms with van der Waals surface area (Å²) >= 11 is 0. The summed E-state index contributed by atoms with van der Waals surface area (Å²) in [6.07, 6.45) is 3.39. The van der Waals surface area contributed by atoms with Crippen LogP contribution in [0.4, 0.5) is 10.7 Å². The van der Waals surface area contributed by atoms with E-state index in [-0.39, 0.29) is 6.04 Å². The van der Waals surface area contributed by atoms with Gasteiger partial charge >= 0.3 is 6.03 Å². The van der Waals surface area contributed by atoms with Crippen molar-refractivity contribution in [1.82, 2.24) is 14.9 Å². The zero-order chi connectivity index (χ0) is 16.6. The quantitative estimate of drug-likeness (QED) is 0.484. The van der Waals surface area contributed by atoms with Crippen LogP contribution in [0.15, 0.2) is 11.3 Å². The molecule has 9 nitrogen and oxygen atoms in total. The maximum Gasteiger partial charge on any atom is 0.362 e. The lowest BCUT2D eigenvalue weighted by Gasteiger charge is -2.31. The van der Waals surface area contributed by atoms with Crippen molar-refractivity contribution in [2.75, 3.05) is 18.2 Å². The number of hydrazine groups is 1. The topological polar surface area (TPSA) is 121 Å². The summed E-state index contributed by atoms with van der Waals surface area (Å²) in [5.41, 5.74) is 7.98. The first-order valence-corrected chi connectivity index (χ1v) is 7.62. The summed E-state index contributed by atoms with van der Waals surface area (Å²) in [5.74, 6) is 6.62. The van der Waals surface area contributed by atoms with E-state index in [1.807, 2.05) is 13.8 Å². The lowest BCUT2D eigenvalue weighted by atomic mass is 9.97. The number of hydrogen-bond donors (Lipinski definition) is 2. The number of fused-ring (bicyclic) bond motifs is 1. The van der Waals surface area contributed by atoms with Gasteiger partial charge in [-0.05, 0) is 26.7 Å². The van der Waals surface area contributed by atoms with Crippen molar-refractivity contribution < 1.29 is 9.53 Å². The predicted octanol–water partition coefficient (Wildman–Crippen LogP) is 1.54. The number of rotatable bonds is 2. The molecular weight excluding hydrogens is 298 g/mol. The second-order valence-corrected chi connectivity index (χ2v) is 6.32. The Balaban J connectivity index is 1.87. The van der Waals surface area contributed by atoms with Crippen molar-refractivity contribution in [2.45, 2.75) is 44.8 Å². The number of anilines is 1. The Morgan fingerprint density at radius 1 is 1.52 bits per heavy atom. The van der Waals surface area contributed by atoms with Crippen LogP contribution in [0, 0.1) is 5.53 Å². The molecule has 1 aromatic rings. The van der Waals surface area contributed by atoms with Gasteiger partial charge in [0, 0.05) is 25.0 Å². The molecule has 9 heteroatoms. The van der Waals surface area contributed by atoms with Crippen molar-refractivity contribution >= 4 is 12.0 Å². The SMILES string of the molecule is CC1(C)c2cnc(N(N)C3CCOCC3)nc2CN1C(=O)N=N. The van der Waals surface area contributed by atoms with Crippen LogP contribution in [0.5, 0.6) is 0 Å². The van der Waals surface area contributed by atoms with E-state index in [4.69, 9.17) is 16.1 Å². The molecule has 0 unspecified atom stereocenters. The molecule has 0 bridgehead atoms. The van der Waals surface area contributed by atoms with Gasteiger partial charge in [0.2, 0.25) is 5.95 Å². The van der Waals surface area contributed by atoms with E-state index in [9.17, 15) is 4.79 Å². The van der Waals surface area contributed by atoms with Gasteiger partial charge in [0.15, 0.2) is 0 Å². The summed E-state index contributed by atoms with van der Waals surface area (Å²) in [6.45, 7) is 5.46. The van der Waals surface area contributed by atoms with Crippen LogP contribution in [-0.2, 0) is 16.8 Å². The van der Waals surface area contributed by atoms with Gasteiger partial charge in [-0.2, -0.15) is 5.53 Å². The van der Waals surface area contributed by atoms with E-state index in [1.165, 1.54) is 4.90 Å². The van der Waals surface area contributed by atoms with Crippen LogP contribution < -0.4 is 10.9 Å². The minimum atomic E-state index is -0.590. The summed E-state index contributed by atoms with van der Waals surface area (Å²) in [7, 11) is 0. The lowest BCUT2D eigenvalue weighted by molar-refractivity contribution is 0.0841. The fraction of sp³-hybridized carbons (Fsp3) is 0.643. The molecule has 3 heterocycles. The smallest absolute Gasteiger partial charge is 0.362 e. The molecule has 3 rings (SSSR count). The average molecular weight is 319 g/mol. The van der Waals surface area contributed by atoms with Gasteiger partial charge in [-0.1, -0.05) is 5.11 Å². The highest BCUT2D eigenvalue weighted by Gasteiger charge is 2.42. The number of nitrogens with two attached hydrogens (primary N) is 1. The number of nitrogens with zero attached hydrogens (tertiary/aromatic N) is 5. The molecule has 0 atom stereocenters. The van der Waals surface area contributed by atoms with Crippen LogP contribution >= 0.6 is 0 Å². The summed E-state index contributed by atoms with van der Waals surface area (Å²) < 4.78 is 5.34. The highest BCUT2D eigenvalue weighted by molar-refractivity contribution is 5.76. The third-order valence-corrected chi connectivity index (χ3v) is 4.64. The Hall–Kier alpha value is -2.13. The minimum absolute atomic E-state index is 0.150. The Bertz CT molecular complexity index is 628. The standard InChI is InChI=1S/C14H21N7O2/c1-14(2)10-7-17-12(21(16)9-3-5-23-6-4-9)18-11(10)8-20(14)13(22)19-15/h7,9,15H,3-6,8,16H2,1-2H3. The minimum Gasteiger partial charge on any atom is -0.381 e. The van der Waals surface area contributed by atoms with Gasteiger partial charge in [0.1, 0.15) is 0 Å². The predicted molar refractivity (Wildman–Crippen MR) is 81.7 cm³/mol. The summed E-state index contributed by atoms with van der Waals surface area (Å²) in [5, 5.41) is 4.61.